The van der Waals surface area contributed by atoms with Gasteiger partial charge in [0.1, 0.15) is 0 Å². The molecule has 0 aliphatic rings. The average molecular weight is 307 g/mol. The average Bonchev–Trinajstić information content (AvgIpc) is 2.42. The summed E-state index contributed by atoms with van der Waals surface area (Å²) in [7, 11) is 0. The van der Waals surface area contributed by atoms with Crippen LogP contribution in [-0.4, -0.2) is 11.8 Å². The Kier molecular flexibility index (Phi) is 4.32. The van der Waals surface area contributed by atoms with Crippen LogP contribution in [0.2, 0.25) is 5.02 Å². The molecule has 20 heavy (non-hydrogen) atoms. The minimum absolute atomic E-state index is 0.332. The maximum Gasteiger partial charge on any atom is 0.257 e. The van der Waals surface area contributed by atoms with E-state index in [0.29, 0.717) is 26.7 Å². The second-order valence-corrected chi connectivity index (χ2v) is 4.98. The van der Waals surface area contributed by atoms with Gasteiger partial charge in [-0.25, -0.2) is 0 Å². The van der Waals surface area contributed by atoms with E-state index < -0.39 is 5.91 Å². The molecule has 102 valence electrons. The van der Waals surface area contributed by atoms with Crippen LogP contribution in [0.3, 0.4) is 0 Å². The van der Waals surface area contributed by atoms with Crippen molar-refractivity contribution >= 4 is 41.7 Å². The van der Waals surface area contributed by atoms with E-state index in [0.717, 1.165) is 0 Å². The normalized spacial score (nSPS) is 10.1. The molecule has 0 unspecified atom stereocenters. The van der Waals surface area contributed by atoms with Crippen LogP contribution in [0, 0.1) is 0 Å². The third-order valence-corrected chi connectivity index (χ3v) is 3.23. The topological polar surface area (TPSA) is 72.2 Å². The monoisotopic (exact) mass is 306 g/mol. The van der Waals surface area contributed by atoms with Crippen LogP contribution in [0.25, 0.3) is 0 Å². The minimum Gasteiger partial charge on any atom is -0.366 e. The van der Waals surface area contributed by atoms with Crippen LogP contribution in [0.1, 0.15) is 20.7 Å². The van der Waals surface area contributed by atoms with Gasteiger partial charge in [-0.3, -0.25) is 9.59 Å². The van der Waals surface area contributed by atoms with Crippen LogP contribution < -0.4 is 11.1 Å². The first kappa shape index (κ1) is 14.4. The van der Waals surface area contributed by atoms with Crippen molar-refractivity contribution in [2.24, 2.45) is 5.73 Å². The highest BCUT2D eigenvalue weighted by Crippen LogP contribution is 2.21. The number of halogens is 1. The van der Waals surface area contributed by atoms with E-state index in [-0.39, 0.29) is 5.91 Å². The van der Waals surface area contributed by atoms with Gasteiger partial charge in [0.25, 0.3) is 5.91 Å². The maximum atomic E-state index is 12.1. The highest BCUT2D eigenvalue weighted by Gasteiger charge is 2.11. The highest BCUT2D eigenvalue weighted by atomic mass is 35.5. The Labute approximate surface area is 126 Å². The van der Waals surface area contributed by atoms with Gasteiger partial charge < -0.3 is 11.1 Å². The van der Waals surface area contributed by atoms with E-state index >= 15 is 0 Å². The second kappa shape index (κ2) is 5.98. The number of nitrogens with one attached hydrogen (secondary N) is 1. The van der Waals surface area contributed by atoms with Crippen molar-refractivity contribution in [2.75, 3.05) is 5.32 Å². The fraction of sp³-hybridized carbons (Fsp3) is 0. The van der Waals surface area contributed by atoms with Gasteiger partial charge in [0, 0.05) is 16.1 Å². The van der Waals surface area contributed by atoms with E-state index in [2.05, 4.69) is 17.9 Å². The zero-order valence-corrected chi connectivity index (χ0v) is 11.9. The van der Waals surface area contributed by atoms with Gasteiger partial charge in [0.15, 0.2) is 0 Å². The number of hydrogen-bond acceptors (Lipinski definition) is 3. The molecule has 0 bridgehead atoms. The van der Waals surface area contributed by atoms with E-state index in [4.69, 9.17) is 17.3 Å². The van der Waals surface area contributed by atoms with Gasteiger partial charge in [0.05, 0.1) is 10.6 Å². The van der Waals surface area contributed by atoms with E-state index in [1.165, 1.54) is 12.1 Å². The molecule has 2 aromatic carbocycles. The molecule has 0 aliphatic heterocycles. The first-order valence-electron chi connectivity index (χ1n) is 5.67. The van der Waals surface area contributed by atoms with Crippen LogP contribution in [-0.2, 0) is 0 Å². The Balaban J connectivity index is 2.19. The van der Waals surface area contributed by atoms with Crippen molar-refractivity contribution in [3.8, 4) is 0 Å². The van der Waals surface area contributed by atoms with Gasteiger partial charge in [-0.1, -0.05) is 11.6 Å². The summed E-state index contributed by atoms with van der Waals surface area (Å²) in [5, 5.41) is 3.02. The van der Waals surface area contributed by atoms with Crippen molar-refractivity contribution in [2.45, 2.75) is 4.90 Å². The molecule has 2 rings (SSSR count). The molecule has 0 heterocycles. The molecule has 3 N–H and O–H groups in total. The SMILES string of the molecule is NC(=O)c1ccc(NC(=O)c2cc(S)ccc2Cl)cc1. The van der Waals surface area contributed by atoms with Crippen molar-refractivity contribution < 1.29 is 9.59 Å². The molecule has 2 aromatic rings. The number of benzene rings is 2. The lowest BCUT2D eigenvalue weighted by Crippen LogP contribution is -2.13. The van der Waals surface area contributed by atoms with Gasteiger partial charge in [-0.2, -0.15) is 0 Å². The summed E-state index contributed by atoms with van der Waals surface area (Å²) in [6, 6.07) is 11.1. The van der Waals surface area contributed by atoms with Crippen molar-refractivity contribution in [1.82, 2.24) is 0 Å². The third-order valence-electron chi connectivity index (χ3n) is 2.62. The van der Waals surface area contributed by atoms with Gasteiger partial charge in [0.2, 0.25) is 5.91 Å². The molecule has 0 aliphatic carbocycles. The molecule has 0 saturated heterocycles. The standard InChI is InChI=1S/C14H11ClN2O2S/c15-12-6-5-10(20)7-11(12)14(19)17-9-3-1-8(2-4-9)13(16)18/h1-7,20H,(H2,16,18)(H,17,19). The predicted octanol–water partition coefficient (Wildman–Crippen LogP) is 2.98. The van der Waals surface area contributed by atoms with Crippen LogP contribution in [0.5, 0.6) is 0 Å². The first-order valence-corrected chi connectivity index (χ1v) is 6.49. The lowest BCUT2D eigenvalue weighted by molar-refractivity contribution is 0.0998. The molecule has 2 amide bonds. The van der Waals surface area contributed by atoms with Gasteiger partial charge in [-0.15, -0.1) is 12.6 Å². The molecule has 4 nitrogen and oxygen atoms in total. The Morgan fingerprint density at radius 1 is 1.10 bits per heavy atom. The van der Waals surface area contributed by atoms with Crippen LogP contribution >= 0.6 is 24.2 Å². The number of carbonyl (C=O) groups is 2. The quantitative estimate of drug-likeness (QED) is 0.763. The van der Waals surface area contributed by atoms with E-state index in [1.54, 1.807) is 30.3 Å². The summed E-state index contributed by atoms with van der Waals surface area (Å²) in [5.74, 6) is -0.869. The summed E-state index contributed by atoms with van der Waals surface area (Å²) in [6.45, 7) is 0. The summed E-state index contributed by atoms with van der Waals surface area (Å²) in [6.07, 6.45) is 0. The molecular formula is C14H11ClN2O2S. The zero-order chi connectivity index (χ0) is 14.7. The summed E-state index contributed by atoms with van der Waals surface area (Å²) < 4.78 is 0. The number of anilines is 1. The molecular weight excluding hydrogens is 296 g/mol. The number of primary amides is 1. The Bertz CT molecular complexity index is 671. The number of thiol groups is 1. The largest absolute Gasteiger partial charge is 0.366 e. The molecule has 0 atom stereocenters. The van der Waals surface area contributed by atoms with E-state index in [9.17, 15) is 9.59 Å². The number of nitrogens with two attached hydrogens (primary N) is 1. The highest BCUT2D eigenvalue weighted by molar-refractivity contribution is 7.80. The maximum absolute atomic E-state index is 12.1. The fourth-order valence-electron chi connectivity index (χ4n) is 1.60. The first-order chi connectivity index (χ1) is 9.47. The van der Waals surface area contributed by atoms with Gasteiger partial charge >= 0.3 is 0 Å². The Morgan fingerprint density at radius 2 is 1.75 bits per heavy atom. The van der Waals surface area contributed by atoms with Gasteiger partial charge in [-0.05, 0) is 42.5 Å². The second-order valence-electron chi connectivity index (χ2n) is 4.06. The molecule has 0 aromatic heterocycles. The minimum atomic E-state index is -0.520. The fourth-order valence-corrected chi connectivity index (χ4v) is 2.01. The molecule has 0 radical (unpaired) electrons. The lowest BCUT2D eigenvalue weighted by atomic mass is 10.1. The summed E-state index contributed by atoms with van der Waals surface area (Å²) in [4.78, 5) is 23.7. The van der Waals surface area contributed by atoms with Crippen LogP contribution in [0.4, 0.5) is 5.69 Å². The van der Waals surface area contributed by atoms with Crippen LogP contribution in [0.15, 0.2) is 47.4 Å². The molecule has 6 heteroatoms. The molecule has 0 spiro atoms. The third kappa shape index (κ3) is 3.31. The Morgan fingerprint density at radius 3 is 2.35 bits per heavy atom. The summed E-state index contributed by atoms with van der Waals surface area (Å²) in [5.41, 5.74) is 6.39. The predicted molar refractivity (Wildman–Crippen MR) is 81.6 cm³/mol. The van der Waals surface area contributed by atoms with Crippen molar-refractivity contribution in [3.63, 3.8) is 0 Å². The lowest BCUT2D eigenvalue weighted by Gasteiger charge is -2.07. The zero-order valence-electron chi connectivity index (χ0n) is 10.3. The number of hydrogen-bond donors (Lipinski definition) is 3. The molecule has 0 saturated carbocycles. The van der Waals surface area contributed by atoms with Crippen molar-refractivity contribution in [3.05, 3.63) is 58.6 Å². The number of amides is 2. The molecule has 0 fully saturated rings. The van der Waals surface area contributed by atoms with E-state index in [1.807, 2.05) is 0 Å². The Hall–Kier alpha value is -1.98. The summed E-state index contributed by atoms with van der Waals surface area (Å²) >= 11 is 10.1. The number of rotatable bonds is 3. The smallest absolute Gasteiger partial charge is 0.257 e. The van der Waals surface area contributed by atoms with Crippen molar-refractivity contribution in [1.29, 1.82) is 0 Å². The number of carbonyl (C=O) groups excluding carboxylic acids is 2.